The molecule has 4 aromatic carbocycles. The normalized spacial score (nSPS) is 16.5. The predicted molar refractivity (Wildman–Crippen MR) is 165 cm³/mol. The van der Waals surface area contributed by atoms with E-state index in [0.29, 0.717) is 56.5 Å². The van der Waals surface area contributed by atoms with Crippen molar-refractivity contribution >= 4 is 40.0 Å². The van der Waals surface area contributed by atoms with E-state index in [1.165, 1.54) is 0 Å². The van der Waals surface area contributed by atoms with Crippen molar-refractivity contribution in [3.05, 3.63) is 176 Å². The number of hydrogen-bond acceptors (Lipinski definition) is 4. The first-order valence-corrected chi connectivity index (χ1v) is 14.2. The molecule has 0 fully saturated rings. The van der Waals surface area contributed by atoms with Gasteiger partial charge in [0.15, 0.2) is 17.3 Å². The molecule has 0 saturated carbocycles. The zero-order valence-corrected chi connectivity index (χ0v) is 22.9. The minimum absolute atomic E-state index is 0.0762. The molecule has 4 aliphatic carbocycles. The molecular formula is C39H22O4. The summed E-state index contributed by atoms with van der Waals surface area (Å²) in [5.41, 5.74) is 10.3. The number of benzene rings is 4. The maximum atomic E-state index is 14.1. The van der Waals surface area contributed by atoms with E-state index in [1.54, 1.807) is 42.5 Å². The first-order chi connectivity index (χ1) is 21.1. The van der Waals surface area contributed by atoms with Crippen LogP contribution in [0.1, 0.15) is 55.8 Å². The fourth-order valence-electron chi connectivity index (χ4n) is 6.94. The molecule has 4 heteroatoms. The average molecular weight is 555 g/mol. The van der Waals surface area contributed by atoms with E-state index >= 15 is 0 Å². The number of ketones is 3. The van der Waals surface area contributed by atoms with E-state index in [1.807, 2.05) is 66.7 Å². The molecule has 0 atom stereocenters. The minimum atomic E-state index is -0.248. The van der Waals surface area contributed by atoms with Gasteiger partial charge in [-0.05, 0) is 44.6 Å². The van der Waals surface area contributed by atoms with Crippen molar-refractivity contribution in [1.29, 1.82) is 0 Å². The van der Waals surface area contributed by atoms with Gasteiger partial charge in [-0.3, -0.25) is 14.4 Å². The summed E-state index contributed by atoms with van der Waals surface area (Å²) in [6, 6.07) is 33.1. The highest BCUT2D eigenvalue weighted by Crippen LogP contribution is 2.63. The summed E-state index contributed by atoms with van der Waals surface area (Å²) in [5, 5.41) is 0. The second-order valence-corrected chi connectivity index (χ2v) is 11.0. The van der Waals surface area contributed by atoms with Gasteiger partial charge in [-0.15, -0.1) is 0 Å². The Kier molecular flexibility index (Phi) is 5.49. The Bertz CT molecular complexity index is 2150. The quantitative estimate of drug-likeness (QED) is 0.193. The standard InChI is InChI=1S/C39H22O4/c40-21-24-19-29-35-33(27-17-9-10-18-28(27)38(42)22-11-3-1-4-12-22)30(39(43)23-13-5-2-6-14-23)20-31(41)37(35)36(29)34-26-16-8-7-15-25(26)32(24)34/h1-18H,19-20H2. The Morgan fingerprint density at radius 2 is 1.07 bits per heavy atom. The lowest BCUT2D eigenvalue weighted by Gasteiger charge is -2.44. The van der Waals surface area contributed by atoms with Crippen LogP contribution in [-0.2, 0) is 9.59 Å². The van der Waals surface area contributed by atoms with Crippen LogP contribution in [0.2, 0.25) is 0 Å². The molecule has 0 saturated heterocycles. The summed E-state index contributed by atoms with van der Waals surface area (Å²) in [6.45, 7) is 0. The molecule has 0 N–H and O–H groups in total. The lowest BCUT2D eigenvalue weighted by molar-refractivity contribution is -0.114. The molecule has 0 bridgehead atoms. The van der Waals surface area contributed by atoms with Gasteiger partial charge in [0.1, 0.15) is 5.94 Å². The van der Waals surface area contributed by atoms with Crippen LogP contribution >= 0.6 is 0 Å². The van der Waals surface area contributed by atoms with E-state index in [9.17, 15) is 19.2 Å². The molecular weight excluding hydrogens is 532 g/mol. The summed E-state index contributed by atoms with van der Waals surface area (Å²) in [6.07, 6.45) is 0.233. The first kappa shape index (κ1) is 25.0. The summed E-state index contributed by atoms with van der Waals surface area (Å²) >= 11 is 0. The van der Waals surface area contributed by atoms with Crippen molar-refractivity contribution in [2.45, 2.75) is 12.8 Å². The minimum Gasteiger partial charge on any atom is -0.294 e. The highest BCUT2D eigenvalue weighted by Gasteiger charge is 2.49. The van der Waals surface area contributed by atoms with Crippen molar-refractivity contribution in [3.8, 4) is 0 Å². The number of carbonyl (C=O) groups is 3. The van der Waals surface area contributed by atoms with Gasteiger partial charge in [-0.25, -0.2) is 4.79 Å². The second kappa shape index (κ2) is 9.42. The van der Waals surface area contributed by atoms with Crippen LogP contribution < -0.4 is 0 Å². The maximum absolute atomic E-state index is 14.1. The third kappa shape index (κ3) is 3.51. The molecule has 8 rings (SSSR count). The van der Waals surface area contributed by atoms with Gasteiger partial charge in [0, 0.05) is 51.8 Å². The monoisotopic (exact) mass is 554 g/mol. The summed E-state index contributed by atoms with van der Waals surface area (Å²) in [5.74, 6) is 1.62. The van der Waals surface area contributed by atoms with Gasteiger partial charge in [0.25, 0.3) is 0 Å². The molecule has 0 aromatic heterocycles. The lowest BCUT2D eigenvalue weighted by Crippen LogP contribution is -2.32. The zero-order valence-electron chi connectivity index (χ0n) is 22.9. The Hall–Kier alpha value is -5.70. The topological polar surface area (TPSA) is 68.3 Å². The van der Waals surface area contributed by atoms with Crippen molar-refractivity contribution in [2.75, 3.05) is 0 Å². The average Bonchev–Trinajstić information content (AvgIpc) is 3.05. The highest BCUT2D eigenvalue weighted by molar-refractivity contribution is 6.32. The van der Waals surface area contributed by atoms with Gasteiger partial charge in [-0.2, -0.15) is 0 Å². The van der Waals surface area contributed by atoms with E-state index < -0.39 is 0 Å². The molecule has 0 spiro atoms. The molecule has 4 nitrogen and oxygen atoms in total. The Morgan fingerprint density at radius 1 is 0.512 bits per heavy atom. The predicted octanol–water partition coefficient (Wildman–Crippen LogP) is 7.22. The Labute approximate surface area is 247 Å². The number of carbonyl (C=O) groups excluding carboxylic acids is 4. The van der Waals surface area contributed by atoms with E-state index in [4.69, 9.17) is 0 Å². The van der Waals surface area contributed by atoms with E-state index in [-0.39, 0.29) is 23.8 Å². The van der Waals surface area contributed by atoms with Gasteiger partial charge < -0.3 is 0 Å². The van der Waals surface area contributed by atoms with Crippen LogP contribution in [0.4, 0.5) is 0 Å². The maximum Gasteiger partial charge on any atom is 0.193 e. The van der Waals surface area contributed by atoms with Crippen molar-refractivity contribution in [3.63, 3.8) is 0 Å². The fraction of sp³-hybridized carbons (Fsp3) is 0.0513. The largest absolute Gasteiger partial charge is 0.294 e. The molecule has 0 amide bonds. The molecule has 4 aromatic rings. The first-order valence-electron chi connectivity index (χ1n) is 14.2. The highest BCUT2D eigenvalue weighted by atomic mass is 16.1. The van der Waals surface area contributed by atoms with Crippen LogP contribution in [0, 0.1) is 0 Å². The van der Waals surface area contributed by atoms with Crippen LogP contribution in [0.5, 0.6) is 0 Å². The van der Waals surface area contributed by atoms with Crippen LogP contribution in [0.15, 0.2) is 143 Å². The van der Waals surface area contributed by atoms with Crippen LogP contribution in [-0.4, -0.2) is 23.3 Å². The lowest BCUT2D eigenvalue weighted by atomic mass is 9.57. The number of allylic oxidation sites excluding steroid dienone is 9. The summed E-state index contributed by atoms with van der Waals surface area (Å²) in [7, 11) is 0. The number of rotatable bonds is 5. The van der Waals surface area contributed by atoms with Gasteiger partial charge >= 0.3 is 0 Å². The molecule has 0 radical (unpaired) electrons. The molecule has 0 aliphatic heterocycles. The van der Waals surface area contributed by atoms with Gasteiger partial charge in [-0.1, -0.05) is 109 Å². The molecule has 0 unspecified atom stereocenters. The third-order valence-electron chi connectivity index (χ3n) is 8.80. The van der Waals surface area contributed by atoms with Crippen molar-refractivity contribution in [2.24, 2.45) is 0 Å². The van der Waals surface area contributed by atoms with Crippen molar-refractivity contribution in [1.82, 2.24) is 0 Å². The Morgan fingerprint density at radius 3 is 1.72 bits per heavy atom. The molecule has 4 aliphatic rings. The molecule has 43 heavy (non-hydrogen) atoms. The number of fused-ring (bicyclic) bond motifs is 6. The Balaban J connectivity index is 1.37. The number of hydrogen-bond donors (Lipinski definition) is 0. The SMILES string of the molecule is O=C=C1CC2=C(C3=C2C(c2ccccc2C(=O)c2ccccc2)=C(C(=O)c2ccccc2)CC3=O)C2=C1c1ccccc12. The second-order valence-electron chi connectivity index (χ2n) is 11.0. The van der Waals surface area contributed by atoms with E-state index in [2.05, 4.69) is 5.94 Å². The van der Waals surface area contributed by atoms with Gasteiger partial charge in [0.05, 0.1) is 0 Å². The van der Waals surface area contributed by atoms with Gasteiger partial charge in [0.2, 0.25) is 0 Å². The van der Waals surface area contributed by atoms with E-state index in [0.717, 1.165) is 33.4 Å². The zero-order chi connectivity index (χ0) is 29.2. The van der Waals surface area contributed by atoms with Crippen LogP contribution in [0.25, 0.3) is 16.7 Å². The molecule has 202 valence electrons. The molecule has 0 heterocycles. The smallest absolute Gasteiger partial charge is 0.193 e. The fourth-order valence-corrected chi connectivity index (χ4v) is 6.94. The number of Topliss-reactive ketones (excluding diaryl/α,β-unsaturated/α-hetero) is 2. The van der Waals surface area contributed by atoms with Crippen molar-refractivity contribution < 1.29 is 19.2 Å². The van der Waals surface area contributed by atoms with Crippen LogP contribution in [0.3, 0.4) is 0 Å². The summed E-state index contributed by atoms with van der Waals surface area (Å²) < 4.78 is 0. The summed E-state index contributed by atoms with van der Waals surface area (Å²) in [4.78, 5) is 54.2. The third-order valence-corrected chi connectivity index (χ3v) is 8.80.